The van der Waals surface area contributed by atoms with E-state index in [4.69, 9.17) is 4.74 Å². The maximum atomic E-state index is 12.3. The third-order valence-corrected chi connectivity index (χ3v) is 5.07. The minimum atomic E-state index is -0.818. The molecule has 1 heterocycles. The van der Waals surface area contributed by atoms with E-state index in [9.17, 15) is 14.9 Å². The molecule has 1 aromatic heterocycles. The molecule has 164 valence electrons. The van der Waals surface area contributed by atoms with Crippen LogP contribution in [0.2, 0.25) is 0 Å². The fraction of sp³-hybridized carbons (Fsp3) is 0.400. The molecule has 6 nitrogen and oxygen atoms in total. The Morgan fingerprint density at radius 3 is 2.39 bits per heavy atom. The number of esters is 1. The van der Waals surface area contributed by atoms with E-state index in [-0.39, 0.29) is 11.0 Å². The molecule has 0 unspecified atom stereocenters. The molecule has 0 bridgehead atoms. The van der Waals surface area contributed by atoms with Crippen LogP contribution in [0.1, 0.15) is 56.6 Å². The smallest absolute Gasteiger partial charge is 0.349 e. The third-order valence-electron chi connectivity index (χ3n) is 5.07. The average molecular weight is 422 g/mol. The van der Waals surface area contributed by atoms with E-state index < -0.39 is 18.5 Å². The van der Waals surface area contributed by atoms with Gasteiger partial charge in [-0.05, 0) is 61.1 Å². The Labute approximate surface area is 184 Å². The van der Waals surface area contributed by atoms with E-state index in [1.165, 1.54) is 6.08 Å². The molecule has 1 amide bonds. The number of aromatic nitrogens is 1. The molecule has 6 heteroatoms. The van der Waals surface area contributed by atoms with Crippen LogP contribution in [0.25, 0.3) is 6.08 Å². The first kappa shape index (κ1) is 23.9. The number of carbonyl (C=O) groups excluding carboxylic acids is 2. The average Bonchev–Trinajstić information content (AvgIpc) is 2.97. The summed E-state index contributed by atoms with van der Waals surface area (Å²) < 4.78 is 7.20. The fourth-order valence-corrected chi connectivity index (χ4v) is 3.29. The monoisotopic (exact) mass is 421 g/mol. The number of amides is 1. The Kier molecular flexibility index (Phi) is 7.82. The van der Waals surface area contributed by atoms with Gasteiger partial charge in [0.2, 0.25) is 0 Å². The van der Waals surface area contributed by atoms with Crippen LogP contribution in [0.3, 0.4) is 0 Å². The molecule has 0 aliphatic rings. The van der Waals surface area contributed by atoms with Gasteiger partial charge < -0.3 is 14.6 Å². The van der Waals surface area contributed by atoms with Crippen molar-refractivity contribution < 1.29 is 14.3 Å². The fourth-order valence-electron chi connectivity index (χ4n) is 3.29. The first-order chi connectivity index (χ1) is 14.6. The summed E-state index contributed by atoms with van der Waals surface area (Å²) in [6.07, 6.45) is 2.50. The molecule has 1 aromatic carbocycles. The highest BCUT2D eigenvalue weighted by molar-refractivity contribution is 6.00. The van der Waals surface area contributed by atoms with Crippen LogP contribution < -0.4 is 5.32 Å². The molecule has 31 heavy (non-hydrogen) atoms. The molecule has 0 saturated heterocycles. The summed E-state index contributed by atoms with van der Waals surface area (Å²) in [5.41, 5.74) is 4.49. The maximum Gasteiger partial charge on any atom is 0.349 e. The predicted octanol–water partition coefficient (Wildman–Crippen LogP) is 4.90. The number of carbonyl (C=O) groups is 2. The zero-order valence-electron chi connectivity index (χ0n) is 19.2. The van der Waals surface area contributed by atoms with Gasteiger partial charge in [-0.3, -0.25) is 4.79 Å². The molecule has 0 atom stereocenters. The lowest BCUT2D eigenvalue weighted by molar-refractivity contribution is -0.142. The normalized spacial score (nSPS) is 11.7. The van der Waals surface area contributed by atoms with Gasteiger partial charge in [0.15, 0.2) is 6.61 Å². The first-order valence-corrected chi connectivity index (χ1v) is 10.4. The Morgan fingerprint density at radius 1 is 1.19 bits per heavy atom. The van der Waals surface area contributed by atoms with Crippen molar-refractivity contribution in [3.63, 3.8) is 0 Å². The van der Waals surface area contributed by atoms with Gasteiger partial charge in [0.1, 0.15) is 11.6 Å². The van der Waals surface area contributed by atoms with Gasteiger partial charge in [-0.2, -0.15) is 5.26 Å². The Hall–Kier alpha value is -3.33. The molecule has 0 fully saturated rings. The van der Waals surface area contributed by atoms with E-state index in [0.717, 1.165) is 35.5 Å². The Morgan fingerprint density at radius 2 is 1.84 bits per heavy atom. The Bertz CT molecular complexity index is 1020. The number of benzene rings is 1. The molecular formula is C25H31N3O3. The van der Waals surface area contributed by atoms with Crippen LogP contribution in [0.15, 0.2) is 35.9 Å². The van der Waals surface area contributed by atoms with Gasteiger partial charge in [0, 0.05) is 23.6 Å². The van der Waals surface area contributed by atoms with Crippen LogP contribution in [0.5, 0.6) is 0 Å². The minimum Gasteiger partial charge on any atom is -0.451 e. The second-order valence-corrected chi connectivity index (χ2v) is 8.60. The van der Waals surface area contributed by atoms with E-state index >= 15 is 0 Å². The number of aryl methyl sites for hydroxylation is 1. The highest BCUT2D eigenvalue weighted by Crippen LogP contribution is 2.23. The maximum absolute atomic E-state index is 12.3. The number of anilines is 1. The lowest BCUT2D eigenvalue weighted by atomic mass is 9.87. The van der Waals surface area contributed by atoms with Gasteiger partial charge in [0.05, 0.1) is 0 Å². The van der Waals surface area contributed by atoms with E-state index in [1.54, 1.807) is 0 Å². The predicted molar refractivity (Wildman–Crippen MR) is 123 cm³/mol. The molecule has 2 rings (SSSR count). The molecule has 0 spiro atoms. The number of nitrogens with one attached hydrogen (secondary N) is 1. The highest BCUT2D eigenvalue weighted by atomic mass is 16.5. The minimum absolute atomic E-state index is 0.0203. The molecule has 0 saturated carbocycles. The van der Waals surface area contributed by atoms with Crippen molar-refractivity contribution in [2.45, 2.75) is 59.9 Å². The standard InChI is InChI=1S/C25H31N3O3/c1-7-12-28-17(2)13-19(18(28)3)14-20(15-26)24(30)31-16-23(29)27-22-10-8-21(9-11-22)25(4,5)6/h8-11,13-14H,7,12,16H2,1-6H3,(H,27,29)/b20-14+. The number of ether oxygens (including phenoxy) is 1. The van der Waals surface area contributed by atoms with Crippen molar-refractivity contribution in [3.8, 4) is 6.07 Å². The van der Waals surface area contributed by atoms with Crippen LogP contribution >= 0.6 is 0 Å². The third kappa shape index (κ3) is 6.32. The largest absolute Gasteiger partial charge is 0.451 e. The number of nitrogens with zero attached hydrogens (tertiary/aromatic N) is 2. The molecule has 0 aliphatic carbocycles. The number of nitriles is 1. The molecule has 0 aliphatic heterocycles. The van der Waals surface area contributed by atoms with Crippen molar-refractivity contribution >= 4 is 23.6 Å². The highest BCUT2D eigenvalue weighted by Gasteiger charge is 2.16. The Balaban J connectivity index is 2.00. The topological polar surface area (TPSA) is 84.1 Å². The molecule has 0 radical (unpaired) electrons. The van der Waals surface area contributed by atoms with Crippen LogP contribution in [0.4, 0.5) is 5.69 Å². The second kappa shape index (κ2) is 10.1. The molecule has 2 aromatic rings. The SMILES string of the molecule is CCCn1c(C)cc(/C=C(\C#N)C(=O)OCC(=O)Nc2ccc(C(C)(C)C)cc2)c1C. The number of hydrogen-bond donors (Lipinski definition) is 1. The number of hydrogen-bond acceptors (Lipinski definition) is 4. The van der Waals surface area contributed by atoms with Crippen LogP contribution in [-0.4, -0.2) is 23.1 Å². The van der Waals surface area contributed by atoms with E-state index in [2.05, 4.69) is 37.6 Å². The van der Waals surface area contributed by atoms with Gasteiger partial charge in [0.25, 0.3) is 5.91 Å². The van der Waals surface area contributed by atoms with Crippen LogP contribution in [0, 0.1) is 25.2 Å². The summed E-state index contributed by atoms with van der Waals surface area (Å²) in [7, 11) is 0. The number of rotatable bonds is 7. The van der Waals surface area contributed by atoms with Crippen molar-refractivity contribution in [3.05, 3.63) is 58.4 Å². The molecule has 1 N–H and O–H groups in total. The summed E-state index contributed by atoms with van der Waals surface area (Å²) >= 11 is 0. The van der Waals surface area contributed by atoms with Crippen LogP contribution in [-0.2, 0) is 26.3 Å². The second-order valence-electron chi connectivity index (χ2n) is 8.60. The van der Waals surface area contributed by atoms with Gasteiger partial charge in [-0.1, -0.05) is 39.8 Å². The lowest BCUT2D eigenvalue weighted by Gasteiger charge is -2.19. The van der Waals surface area contributed by atoms with E-state index in [0.29, 0.717) is 5.69 Å². The first-order valence-electron chi connectivity index (χ1n) is 10.4. The van der Waals surface area contributed by atoms with E-state index in [1.807, 2.05) is 50.2 Å². The van der Waals surface area contributed by atoms with Gasteiger partial charge in [-0.25, -0.2) is 4.79 Å². The zero-order valence-corrected chi connectivity index (χ0v) is 19.2. The summed E-state index contributed by atoms with van der Waals surface area (Å²) in [6, 6.07) is 11.3. The van der Waals surface area contributed by atoms with Crippen molar-refractivity contribution in [2.24, 2.45) is 0 Å². The summed E-state index contributed by atoms with van der Waals surface area (Å²) in [6.45, 7) is 12.8. The van der Waals surface area contributed by atoms with Crippen molar-refractivity contribution in [1.29, 1.82) is 5.26 Å². The van der Waals surface area contributed by atoms with Gasteiger partial charge >= 0.3 is 5.97 Å². The lowest BCUT2D eigenvalue weighted by Crippen LogP contribution is -2.21. The summed E-state index contributed by atoms with van der Waals surface area (Å²) in [5.74, 6) is -1.28. The molecular weight excluding hydrogens is 390 g/mol. The van der Waals surface area contributed by atoms with Gasteiger partial charge in [-0.15, -0.1) is 0 Å². The summed E-state index contributed by atoms with van der Waals surface area (Å²) in [5, 5.41) is 12.1. The zero-order chi connectivity index (χ0) is 23.2. The summed E-state index contributed by atoms with van der Waals surface area (Å²) in [4.78, 5) is 24.5. The van der Waals surface area contributed by atoms with Crippen molar-refractivity contribution in [2.75, 3.05) is 11.9 Å². The van der Waals surface area contributed by atoms with Crippen molar-refractivity contribution in [1.82, 2.24) is 4.57 Å². The quantitative estimate of drug-likeness (QED) is 0.391.